The molecule has 1 aliphatic carbocycles. The number of hydrogen-bond acceptors (Lipinski definition) is 6. The van der Waals surface area contributed by atoms with Gasteiger partial charge < -0.3 is 15.0 Å². The van der Waals surface area contributed by atoms with Crippen LogP contribution in [0.1, 0.15) is 43.7 Å². The molecule has 4 rings (SSSR count). The van der Waals surface area contributed by atoms with E-state index >= 15 is 0 Å². The highest BCUT2D eigenvalue weighted by Gasteiger charge is 2.28. The van der Waals surface area contributed by atoms with E-state index in [2.05, 4.69) is 27.2 Å². The van der Waals surface area contributed by atoms with Crippen molar-refractivity contribution in [3.8, 4) is 0 Å². The predicted molar refractivity (Wildman–Crippen MR) is 106 cm³/mol. The standard InChI is InChI=1S/C20H30N6O2/c1-25-11-7-15(13-25)17-18-19(22-9-8-21-18)26(24-17)12-10-23-20(27)14-3-5-16(28-2)6-4-14/h8-9,14-16H,3-7,10-13H2,1-2H3,(H,23,27)/t14?,15-,16?/m1/s1. The molecule has 8 nitrogen and oxygen atoms in total. The first kappa shape index (κ1) is 19.3. The van der Waals surface area contributed by atoms with Gasteiger partial charge in [-0.1, -0.05) is 0 Å². The molecular formula is C20H30N6O2. The van der Waals surface area contributed by atoms with Gasteiger partial charge in [0.05, 0.1) is 18.3 Å². The predicted octanol–water partition coefficient (Wildman–Crippen LogP) is 1.57. The van der Waals surface area contributed by atoms with Crippen LogP contribution in [0.4, 0.5) is 0 Å². The van der Waals surface area contributed by atoms with Gasteiger partial charge in [-0.25, -0.2) is 14.6 Å². The second-order valence-corrected chi connectivity index (χ2v) is 8.09. The number of likely N-dealkylation sites (tertiary alicyclic amines) is 1. The highest BCUT2D eigenvalue weighted by atomic mass is 16.5. The fraction of sp³-hybridized carbons (Fsp3) is 0.700. The fourth-order valence-corrected chi connectivity index (χ4v) is 4.50. The molecule has 3 heterocycles. The van der Waals surface area contributed by atoms with Gasteiger partial charge in [0.2, 0.25) is 5.91 Å². The summed E-state index contributed by atoms with van der Waals surface area (Å²) in [6, 6.07) is 0. The molecule has 1 saturated heterocycles. The van der Waals surface area contributed by atoms with Crippen LogP contribution >= 0.6 is 0 Å². The summed E-state index contributed by atoms with van der Waals surface area (Å²) >= 11 is 0. The molecule has 0 aromatic carbocycles. The minimum Gasteiger partial charge on any atom is -0.381 e. The van der Waals surface area contributed by atoms with Gasteiger partial charge in [-0.3, -0.25) is 4.79 Å². The summed E-state index contributed by atoms with van der Waals surface area (Å²) in [5.74, 6) is 0.649. The summed E-state index contributed by atoms with van der Waals surface area (Å²) in [4.78, 5) is 23.8. The van der Waals surface area contributed by atoms with Crippen molar-refractivity contribution in [3.63, 3.8) is 0 Å². The van der Waals surface area contributed by atoms with E-state index in [1.54, 1.807) is 19.5 Å². The van der Waals surface area contributed by atoms with Crippen LogP contribution in [-0.2, 0) is 16.1 Å². The quantitative estimate of drug-likeness (QED) is 0.811. The molecule has 152 valence electrons. The topological polar surface area (TPSA) is 85.2 Å². The number of amides is 1. The smallest absolute Gasteiger partial charge is 0.223 e. The first-order valence-corrected chi connectivity index (χ1v) is 10.3. The van der Waals surface area contributed by atoms with Crippen molar-refractivity contribution in [2.24, 2.45) is 5.92 Å². The van der Waals surface area contributed by atoms with E-state index in [0.717, 1.165) is 62.1 Å². The zero-order valence-corrected chi connectivity index (χ0v) is 16.8. The van der Waals surface area contributed by atoms with Crippen LogP contribution in [0.3, 0.4) is 0 Å². The molecule has 8 heteroatoms. The van der Waals surface area contributed by atoms with Crippen molar-refractivity contribution in [2.45, 2.75) is 50.7 Å². The number of rotatable bonds is 6. The maximum atomic E-state index is 12.5. The minimum absolute atomic E-state index is 0.102. The molecule has 28 heavy (non-hydrogen) atoms. The van der Waals surface area contributed by atoms with Crippen molar-refractivity contribution < 1.29 is 9.53 Å². The molecule has 1 aliphatic heterocycles. The van der Waals surface area contributed by atoms with Gasteiger partial charge in [-0.2, -0.15) is 5.10 Å². The molecule has 1 saturated carbocycles. The van der Waals surface area contributed by atoms with Crippen molar-refractivity contribution >= 4 is 17.1 Å². The van der Waals surface area contributed by atoms with Crippen molar-refractivity contribution in [1.29, 1.82) is 0 Å². The summed E-state index contributed by atoms with van der Waals surface area (Å²) < 4.78 is 7.29. The van der Waals surface area contributed by atoms with Gasteiger partial charge in [-0.15, -0.1) is 0 Å². The number of ether oxygens (including phenoxy) is 1. The maximum absolute atomic E-state index is 12.5. The molecule has 0 spiro atoms. The summed E-state index contributed by atoms with van der Waals surface area (Å²) in [6.45, 7) is 3.25. The van der Waals surface area contributed by atoms with E-state index in [4.69, 9.17) is 9.84 Å². The number of methoxy groups -OCH3 is 1. The molecule has 2 fully saturated rings. The molecule has 0 bridgehead atoms. The third kappa shape index (κ3) is 4.03. The number of likely N-dealkylation sites (N-methyl/N-ethyl adjacent to an activating group) is 1. The van der Waals surface area contributed by atoms with Crippen LogP contribution in [0.25, 0.3) is 11.2 Å². The second-order valence-electron chi connectivity index (χ2n) is 8.09. The van der Waals surface area contributed by atoms with Crippen LogP contribution in [0.15, 0.2) is 12.4 Å². The first-order chi connectivity index (χ1) is 13.7. The van der Waals surface area contributed by atoms with Gasteiger partial charge in [0, 0.05) is 44.4 Å². The van der Waals surface area contributed by atoms with Gasteiger partial charge in [0.1, 0.15) is 5.52 Å². The number of carbonyl (C=O) groups excluding carboxylic acids is 1. The summed E-state index contributed by atoms with van der Waals surface area (Å²) in [5, 5.41) is 7.92. The number of hydrogen-bond donors (Lipinski definition) is 1. The largest absolute Gasteiger partial charge is 0.381 e. The Balaban J connectivity index is 1.38. The van der Waals surface area contributed by atoms with Crippen molar-refractivity contribution in [3.05, 3.63) is 18.1 Å². The second kappa shape index (κ2) is 8.53. The zero-order valence-electron chi connectivity index (χ0n) is 16.8. The number of nitrogens with one attached hydrogen (secondary N) is 1. The van der Waals surface area contributed by atoms with E-state index in [0.29, 0.717) is 25.1 Å². The van der Waals surface area contributed by atoms with E-state index in [1.165, 1.54) is 0 Å². The molecule has 2 aromatic heterocycles. The molecule has 2 aliphatic rings. The molecular weight excluding hydrogens is 356 g/mol. The van der Waals surface area contributed by atoms with Crippen LogP contribution < -0.4 is 5.32 Å². The fourth-order valence-electron chi connectivity index (χ4n) is 4.50. The number of carbonyl (C=O) groups is 1. The Hall–Kier alpha value is -2.06. The van der Waals surface area contributed by atoms with Crippen molar-refractivity contribution in [1.82, 2.24) is 30.0 Å². The molecule has 1 N–H and O–H groups in total. The van der Waals surface area contributed by atoms with E-state index in [9.17, 15) is 4.79 Å². The van der Waals surface area contributed by atoms with Crippen molar-refractivity contribution in [2.75, 3.05) is 33.8 Å². The monoisotopic (exact) mass is 386 g/mol. The summed E-state index contributed by atoms with van der Waals surface area (Å²) in [5.41, 5.74) is 2.74. The lowest BCUT2D eigenvalue weighted by atomic mass is 9.87. The Kier molecular flexibility index (Phi) is 5.87. The van der Waals surface area contributed by atoms with Crippen LogP contribution in [-0.4, -0.2) is 70.5 Å². The summed E-state index contributed by atoms with van der Waals surface area (Å²) in [7, 11) is 3.89. The molecule has 1 amide bonds. The number of fused-ring (bicyclic) bond motifs is 1. The van der Waals surface area contributed by atoms with Gasteiger partial charge in [-0.05, 0) is 45.7 Å². The Morgan fingerprint density at radius 2 is 2.00 bits per heavy atom. The lowest BCUT2D eigenvalue weighted by molar-refractivity contribution is -0.126. The Bertz CT molecular complexity index is 814. The summed E-state index contributed by atoms with van der Waals surface area (Å²) in [6.07, 6.45) is 8.58. The molecule has 1 atom stereocenters. The van der Waals surface area contributed by atoms with Crippen LogP contribution in [0, 0.1) is 5.92 Å². The Morgan fingerprint density at radius 1 is 1.21 bits per heavy atom. The molecule has 0 unspecified atom stereocenters. The highest BCUT2D eigenvalue weighted by Crippen LogP contribution is 2.29. The average molecular weight is 387 g/mol. The van der Waals surface area contributed by atoms with Gasteiger partial charge >= 0.3 is 0 Å². The Labute approximate surface area is 165 Å². The lowest BCUT2D eigenvalue weighted by Crippen LogP contribution is -2.36. The number of aromatic nitrogens is 4. The third-order valence-electron chi connectivity index (χ3n) is 6.17. The lowest BCUT2D eigenvalue weighted by Gasteiger charge is -2.26. The normalized spacial score (nSPS) is 26.0. The highest BCUT2D eigenvalue weighted by molar-refractivity contribution is 5.78. The first-order valence-electron chi connectivity index (χ1n) is 10.3. The van der Waals surface area contributed by atoms with E-state index in [1.807, 2.05) is 4.68 Å². The molecule has 2 aromatic rings. The average Bonchev–Trinajstić information content (AvgIpc) is 3.32. The van der Waals surface area contributed by atoms with E-state index < -0.39 is 0 Å². The van der Waals surface area contributed by atoms with Gasteiger partial charge in [0.25, 0.3) is 0 Å². The van der Waals surface area contributed by atoms with Crippen LogP contribution in [0.5, 0.6) is 0 Å². The Morgan fingerprint density at radius 3 is 2.71 bits per heavy atom. The zero-order chi connectivity index (χ0) is 19.5. The SMILES string of the molecule is COC1CCC(C(=O)NCCn2nc([C@@H]3CCN(C)C3)c3nccnc32)CC1. The third-order valence-corrected chi connectivity index (χ3v) is 6.17. The minimum atomic E-state index is 0.102. The van der Waals surface area contributed by atoms with E-state index in [-0.39, 0.29) is 11.8 Å². The molecule has 0 radical (unpaired) electrons. The van der Waals surface area contributed by atoms with Gasteiger partial charge in [0.15, 0.2) is 5.65 Å². The van der Waals surface area contributed by atoms with Crippen LogP contribution in [0.2, 0.25) is 0 Å². The number of nitrogens with zero attached hydrogens (tertiary/aromatic N) is 5. The maximum Gasteiger partial charge on any atom is 0.223 e.